The predicted octanol–water partition coefficient (Wildman–Crippen LogP) is 1.26. The number of nitrogens with one attached hydrogen (secondary N) is 1. The highest BCUT2D eigenvalue weighted by Gasteiger charge is 2.37. The summed E-state index contributed by atoms with van der Waals surface area (Å²) in [6.45, 7) is 7.45. The summed E-state index contributed by atoms with van der Waals surface area (Å²) in [6.07, 6.45) is 3.66. The van der Waals surface area contributed by atoms with Gasteiger partial charge in [-0.25, -0.2) is 0 Å². The van der Waals surface area contributed by atoms with Crippen molar-refractivity contribution in [1.29, 1.82) is 0 Å². The van der Waals surface area contributed by atoms with Crippen LogP contribution in [0.5, 0.6) is 0 Å². The maximum absolute atomic E-state index is 5.99. The van der Waals surface area contributed by atoms with E-state index in [4.69, 9.17) is 5.73 Å². The van der Waals surface area contributed by atoms with Crippen molar-refractivity contribution in [3.8, 4) is 0 Å². The van der Waals surface area contributed by atoms with Gasteiger partial charge in [0.1, 0.15) is 0 Å². The molecule has 0 aromatic heterocycles. The fourth-order valence-electron chi connectivity index (χ4n) is 0.905. The highest BCUT2D eigenvalue weighted by atomic mass is 15.0. The van der Waals surface area contributed by atoms with Crippen LogP contribution in [0.4, 0.5) is 0 Å². The van der Waals surface area contributed by atoms with Crippen LogP contribution in [0.2, 0.25) is 0 Å². The van der Waals surface area contributed by atoms with Crippen LogP contribution >= 0.6 is 0 Å². The van der Waals surface area contributed by atoms with Gasteiger partial charge in [-0.05, 0) is 33.1 Å². The van der Waals surface area contributed by atoms with Crippen molar-refractivity contribution in [2.45, 2.75) is 51.1 Å². The fourth-order valence-corrected chi connectivity index (χ4v) is 0.905. The van der Waals surface area contributed by atoms with Crippen LogP contribution in [0.1, 0.15) is 40.0 Å². The first-order chi connectivity index (χ1) is 4.97. The molecule has 0 saturated heterocycles. The predicted molar refractivity (Wildman–Crippen MR) is 48.5 cm³/mol. The Hall–Kier alpha value is -0.0800. The third kappa shape index (κ3) is 2.80. The number of hydrogen-bond acceptors (Lipinski definition) is 2. The minimum Gasteiger partial charge on any atom is -0.324 e. The first kappa shape index (κ1) is 9.01. The topological polar surface area (TPSA) is 38.0 Å². The minimum absolute atomic E-state index is 0.0222. The molecule has 1 aliphatic rings. The van der Waals surface area contributed by atoms with Gasteiger partial charge in [-0.1, -0.05) is 6.92 Å². The van der Waals surface area contributed by atoms with Crippen LogP contribution in [0.25, 0.3) is 0 Å². The third-order valence-corrected chi connectivity index (χ3v) is 2.73. The van der Waals surface area contributed by atoms with Crippen molar-refractivity contribution in [3.63, 3.8) is 0 Å². The molecule has 1 aliphatic carbocycles. The summed E-state index contributed by atoms with van der Waals surface area (Å²) >= 11 is 0. The summed E-state index contributed by atoms with van der Waals surface area (Å²) in [5.74, 6) is 0. The van der Waals surface area contributed by atoms with Gasteiger partial charge in [0, 0.05) is 17.6 Å². The first-order valence-electron chi connectivity index (χ1n) is 4.51. The van der Waals surface area contributed by atoms with Crippen LogP contribution in [-0.2, 0) is 0 Å². The summed E-state index contributed by atoms with van der Waals surface area (Å²) < 4.78 is 0. The highest BCUT2D eigenvalue weighted by molar-refractivity contribution is 4.99. The van der Waals surface area contributed by atoms with Gasteiger partial charge in [-0.15, -0.1) is 0 Å². The SMILES string of the molecule is CCC(C)(N)CNC1(C)CC1. The molecule has 0 aromatic carbocycles. The van der Waals surface area contributed by atoms with Gasteiger partial charge >= 0.3 is 0 Å². The summed E-state index contributed by atoms with van der Waals surface area (Å²) in [6, 6.07) is 0. The molecule has 1 rings (SSSR count). The summed E-state index contributed by atoms with van der Waals surface area (Å²) in [4.78, 5) is 0. The van der Waals surface area contributed by atoms with Gasteiger partial charge in [0.2, 0.25) is 0 Å². The van der Waals surface area contributed by atoms with Crippen molar-refractivity contribution in [3.05, 3.63) is 0 Å². The molecule has 66 valence electrons. The second-order valence-electron chi connectivity index (χ2n) is 4.42. The molecule has 0 bridgehead atoms. The highest BCUT2D eigenvalue weighted by Crippen LogP contribution is 2.34. The Bertz CT molecular complexity index is 136. The number of hydrogen-bond donors (Lipinski definition) is 2. The molecule has 0 radical (unpaired) electrons. The van der Waals surface area contributed by atoms with E-state index in [2.05, 4.69) is 26.1 Å². The van der Waals surface area contributed by atoms with Crippen LogP contribution in [0.3, 0.4) is 0 Å². The van der Waals surface area contributed by atoms with Crippen molar-refractivity contribution >= 4 is 0 Å². The van der Waals surface area contributed by atoms with Crippen molar-refractivity contribution in [1.82, 2.24) is 5.32 Å². The molecule has 0 amide bonds. The Kier molecular flexibility index (Phi) is 2.26. The summed E-state index contributed by atoms with van der Waals surface area (Å²) in [7, 11) is 0. The van der Waals surface area contributed by atoms with E-state index in [-0.39, 0.29) is 5.54 Å². The minimum atomic E-state index is -0.0222. The van der Waals surface area contributed by atoms with Gasteiger partial charge in [0.05, 0.1) is 0 Å². The molecule has 2 nitrogen and oxygen atoms in total. The average Bonchev–Trinajstić information content (AvgIpc) is 2.66. The molecule has 0 spiro atoms. The molecule has 1 saturated carbocycles. The van der Waals surface area contributed by atoms with E-state index < -0.39 is 0 Å². The number of nitrogens with two attached hydrogens (primary N) is 1. The van der Waals surface area contributed by atoms with E-state index in [0.717, 1.165) is 13.0 Å². The van der Waals surface area contributed by atoms with Crippen LogP contribution in [0.15, 0.2) is 0 Å². The van der Waals surface area contributed by atoms with Gasteiger partial charge in [-0.3, -0.25) is 0 Å². The molecular formula is C9H20N2. The van der Waals surface area contributed by atoms with Crippen LogP contribution < -0.4 is 11.1 Å². The lowest BCUT2D eigenvalue weighted by Crippen LogP contribution is -2.48. The zero-order valence-electron chi connectivity index (χ0n) is 7.91. The lowest BCUT2D eigenvalue weighted by molar-refractivity contribution is 0.383. The van der Waals surface area contributed by atoms with Crippen molar-refractivity contribution in [2.24, 2.45) is 5.73 Å². The standard InChI is InChI=1S/C9H20N2/c1-4-8(2,10)7-11-9(3)5-6-9/h11H,4-7,10H2,1-3H3. The lowest BCUT2D eigenvalue weighted by Gasteiger charge is -2.25. The van der Waals surface area contributed by atoms with Crippen molar-refractivity contribution in [2.75, 3.05) is 6.54 Å². The maximum atomic E-state index is 5.99. The zero-order chi connectivity index (χ0) is 8.54. The Morgan fingerprint density at radius 2 is 2.09 bits per heavy atom. The number of rotatable bonds is 4. The zero-order valence-corrected chi connectivity index (χ0v) is 7.91. The van der Waals surface area contributed by atoms with E-state index in [9.17, 15) is 0 Å². The average molecular weight is 156 g/mol. The van der Waals surface area contributed by atoms with Crippen molar-refractivity contribution < 1.29 is 0 Å². The van der Waals surface area contributed by atoms with Gasteiger partial charge in [0.15, 0.2) is 0 Å². The maximum Gasteiger partial charge on any atom is 0.0249 e. The Balaban J connectivity index is 2.20. The van der Waals surface area contributed by atoms with E-state index in [1.165, 1.54) is 12.8 Å². The fraction of sp³-hybridized carbons (Fsp3) is 1.00. The molecular weight excluding hydrogens is 136 g/mol. The first-order valence-corrected chi connectivity index (χ1v) is 4.51. The van der Waals surface area contributed by atoms with Crippen LogP contribution in [-0.4, -0.2) is 17.6 Å². The van der Waals surface area contributed by atoms with Gasteiger partial charge in [-0.2, -0.15) is 0 Å². The molecule has 1 atom stereocenters. The quantitative estimate of drug-likeness (QED) is 0.643. The normalized spacial score (nSPS) is 26.2. The molecule has 0 heterocycles. The Morgan fingerprint density at radius 1 is 1.55 bits per heavy atom. The smallest absolute Gasteiger partial charge is 0.0249 e. The lowest BCUT2D eigenvalue weighted by atomic mass is 10.0. The second-order valence-corrected chi connectivity index (χ2v) is 4.42. The molecule has 2 heteroatoms. The van der Waals surface area contributed by atoms with Crippen LogP contribution in [0, 0.1) is 0 Å². The second kappa shape index (κ2) is 2.76. The largest absolute Gasteiger partial charge is 0.324 e. The summed E-state index contributed by atoms with van der Waals surface area (Å²) in [5, 5.41) is 3.50. The van der Waals surface area contributed by atoms with E-state index in [1.807, 2.05) is 0 Å². The van der Waals surface area contributed by atoms with E-state index in [0.29, 0.717) is 5.54 Å². The molecule has 1 unspecified atom stereocenters. The Morgan fingerprint density at radius 3 is 2.45 bits per heavy atom. The van der Waals surface area contributed by atoms with E-state index >= 15 is 0 Å². The molecule has 1 fully saturated rings. The third-order valence-electron chi connectivity index (χ3n) is 2.73. The molecule has 0 aliphatic heterocycles. The monoisotopic (exact) mass is 156 g/mol. The van der Waals surface area contributed by atoms with Gasteiger partial charge < -0.3 is 11.1 Å². The molecule has 11 heavy (non-hydrogen) atoms. The van der Waals surface area contributed by atoms with E-state index in [1.54, 1.807) is 0 Å². The molecule has 3 N–H and O–H groups in total. The Labute approximate surface area is 69.5 Å². The molecule has 0 aromatic rings. The van der Waals surface area contributed by atoms with Gasteiger partial charge in [0.25, 0.3) is 0 Å². The summed E-state index contributed by atoms with van der Waals surface area (Å²) in [5.41, 5.74) is 6.39.